The molecule has 1 amide bonds. The lowest BCUT2D eigenvalue weighted by molar-refractivity contribution is 0.102. The van der Waals surface area contributed by atoms with Gasteiger partial charge in [-0.15, -0.1) is 11.3 Å². The number of hydrogen-bond donors (Lipinski definition) is 1. The van der Waals surface area contributed by atoms with Gasteiger partial charge >= 0.3 is 0 Å². The molecule has 2 aromatic heterocycles. The number of nitrogens with zero attached hydrogens (tertiary/aromatic N) is 3. The fourth-order valence-electron chi connectivity index (χ4n) is 0.910. The van der Waals surface area contributed by atoms with Crippen LogP contribution >= 0.6 is 22.9 Å². The van der Waals surface area contributed by atoms with Crippen molar-refractivity contribution in [2.75, 3.05) is 5.32 Å². The molecule has 15 heavy (non-hydrogen) atoms. The molecule has 0 unspecified atom stereocenters. The highest BCUT2D eigenvalue weighted by Crippen LogP contribution is 2.08. The predicted molar refractivity (Wildman–Crippen MR) is 57.1 cm³/mol. The highest BCUT2D eigenvalue weighted by atomic mass is 35.5. The van der Waals surface area contributed by atoms with E-state index in [1.807, 2.05) is 0 Å². The van der Waals surface area contributed by atoms with Crippen LogP contribution in [0.4, 0.5) is 5.82 Å². The number of carbonyl (C=O) groups excluding carboxylic acids is 1. The summed E-state index contributed by atoms with van der Waals surface area (Å²) in [6, 6.07) is 1.55. The zero-order valence-electron chi connectivity index (χ0n) is 7.35. The van der Waals surface area contributed by atoms with Gasteiger partial charge in [-0.25, -0.2) is 15.0 Å². The van der Waals surface area contributed by atoms with Gasteiger partial charge in [0.15, 0.2) is 0 Å². The lowest BCUT2D eigenvalue weighted by Crippen LogP contribution is -2.13. The Morgan fingerprint density at radius 2 is 2.33 bits per heavy atom. The van der Waals surface area contributed by atoms with Gasteiger partial charge in [-0.3, -0.25) is 4.79 Å². The fourth-order valence-corrected chi connectivity index (χ4v) is 1.59. The highest BCUT2D eigenvalue weighted by molar-refractivity contribution is 7.07. The number of halogens is 1. The van der Waals surface area contributed by atoms with Crippen LogP contribution in [0.1, 0.15) is 10.5 Å². The molecule has 0 bridgehead atoms. The SMILES string of the molecule is O=C(Nc1ccnc(Cl)n1)c1cscn1. The van der Waals surface area contributed by atoms with Crippen molar-refractivity contribution in [1.82, 2.24) is 15.0 Å². The second-order valence-corrected chi connectivity index (χ2v) is 3.60. The van der Waals surface area contributed by atoms with Crippen LogP contribution < -0.4 is 5.32 Å². The Morgan fingerprint density at radius 3 is 3.00 bits per heavy atom. The summed E-state index contributed by atoms with van der Waals surface area (Å²) in [6.45, 7) is 0. The molecule has 0 radical (unpaired) electrons. The molecule has 0 aliphatic heterocycles. The van der Waals surface area contributed by atoms with Crippen LogP contribution in [0.5, 0.6) is 0 Å². The number of carbonyl (C=O) groups is 1. The largest absolute Gasteiger partial charge is 0.305 e. The molecular formula is C8H5ClN4OS. The number of aromatic nitrogens is 3. The summed E-state index contributed by atoms with van der Waals surface area (Å²) in [6.07, 6.45) is 1.46. The van der Waals surface area contributed by atoms with Crippen LogP contribution in [0.3, 0.4) is 0 Å². The fraction of sp³-hybridized carbons (Fsp3) is 0. The number of nitrogens with one attached hydrogen (secondary N) is 1. The van der Waals surface area contributed by atoms with Crippen molar-refractivity contribution in [3.05, 3.63) is 34.1 Å². The highest BCUT2D eigenvalue weighted by Gasteiger charge is 2.08. The van der Waals surface area contributed by atoms with Gasteiger partial charge in [0.25, 0.3) is 5.91 Å². The maximum atomic E-state index is 11.5. The third kappa shape index (κ3) is 2.48. The maximum absolute atomic E-state index is 11.5. The third-order valence-corrected chi connectivity index (χ3v) is 2.30. The average molecular weight is 241 g/mol. The Bertz CT molecular complexity index is 473. The van der Waals surface area contributed by atoms with Gasteiger partial charge in [-0.2, -0.15) is 0 Å². The Kier molecular flexibility index (Phi) is 2.89. The summed E-state index contributed by atoms with van der Waals surface area (Å²) >= 11 is 6.92. The summed E-state index contributed by atoms with van der Waals surface area (Å²) in [7, 11) is 0. The monoisotopic (exact) mass is 240 g/mol. The summed E-state index contributed by atoms with van der Waals surface area (Å²) in [4.78, 5) is 22.9. The molecule has 7 heteroatoms. The first-order valence-electron chi connectivity index (χ1n) is 3.94. The van der Waals surface area contributed by atoms with Crippen molar-refractivity contribution >= 4 is 34.7 Å². The summed E-state index contributed by atoms with van der Waals surface area (Å²) < 4.78 is 0. The van der Waals surface area contributed by atoms with E-state index in [1.165, 1.54) is 17.5 Å². The molecule has 2 aromatic rings. The summed E-state index contributed by atoms with van der Waals surface area (Å²) in [5.41, 5.74) is 1.94. The van der Waals surface area contributed by atoms with E-state index in [9.17, 15) is 4.79 Å². The number of anilines is 1. The smallest absolute Gasteiger partial charge is 0.276 e. The zero-order valence-corrected chi connectivity index (χ0v) is 8.92. The molecule has 2 heterocycles. The first-order valence-corrected chi connectivity index (χ1v) is 5.26. The molecule has 0 saturated heterocycles. The van der Waals surface area contributed by atoms with E-state index in [0.717, 1.165) is 0 Å². The van der Waals surface area contributed by atoms with E-state index in [0.29, 0.717) is 11.5 Å². The quantitative estimate of drug-likeness (QED) is 0.814. The lowest BCUT2D eigenvalue weighted by atomic mass is 10.4. The maximum Gasteiger partial charge on any atom is 0.276 e. The molecule has 0 atom stereocenters. The van der Waals surface area contributed by atoms with Crippen molar-refractivity contribution in [1.29, 1.82) is 0 Å². The van der Waals surface area contributed by atoms with Gasteiger partial charge < -0.3 is 5.32 Å². The van der Waals surface area contributed by atoms with Gasteiger partial charge in [0.1, 0.15) is 11.5 Å². The van der Waals surface area contributed by atoms with Gasteiger partial charge in [-0.1, -0.05) is 0 Å². The van der Waals surface area contributed by atoms with Crippen LogP contribution in [-0.4, -0.2) is 20.9 Å². The number of amides is 1. The Morgan fingerprint density at radius 1 is 1.47 bits per heavy atom. The minimum atomic E-state index is -0.314. The first kappa shape index (κ1) is 10.0. The van der Waals surface area contributed by atoms with Crippen LogP contribution in [-0.2, 0) is 0 Å². The topological polar surface area (TPSA) is 67.8 Å². The van der Waals surface area contributed by atoms with Crippen LogP contribution in [0.15, 0.2) is 23.2 Å². The van der Waals surface area contributed by atoms with Gasteiger partial charge in [-0.05, 0) is 17.7 Å². The third-order valence-electron chi connectivity index (χ3n) is 1.53. The van der Waals surface area contributed by atoms with E-state index < -0.39 is 0 Å². The Hall–Kier alpha value is -1.53. The second kappa shape index (κ2) is 4.33. The van der Waals surface area contributed by atoms with Crippen molar-refractivity contribution in [3.63, 3.8) is 0 Å². The minimum absolute atomic E-state index is 0.0890. The van der Waals surface area contributed by atoms with Crippen molar-refractivity contribution < 1.29 is 4.79 Å². The van der Waals surface area contributed by atoms with Gasteiger partial charge in [0, 0.05) is 11.6 Å². The molecule has 1 N–H and O–H groups in total. The van der Waals surface area contributed by atoms with E-state index in [4.69, 9.17) is 11.6 Å². The molecule has 0 spiro atoms. The van der Waals surface area contributed by atoms with E-state index >= 15 is 0 Å². The molecule has 0 aliphatic carbocycles. The minimum Gasteiger partial charge on any atom is -0.305 e. The molecule has 0 aliphatic rings. The van der Waals surface area contributed by atoms with Crippen molar-refractivity contribution in [2.45, 2.75) is 0 Å². The normalized spacial score (nSPS) is 9.93. The van der Waals surface area contributed by atoms with Gasteiger partial charge in [0.2, 0.25) is 5.28 Å². The van der Waals surface area contributed by atoms with Gasteiger partial charge in [0.05, 0.1) is 5.51 Å². The zero-order chi connectivity index (χ0) is 10.7. The molecule has 5 nitrogen and oxygen atoms in total. The molecule has 2 rings (SSSR count). The summed E-state index contributed by atoms with van der Waals surface area (Å²) in [5, 5.41) is 4.29. The average Bonchev–Trinajstić information content (AvgIpc) is 2.70. The summed E-state index contributed by atoms with van der Waals surface area (Å²) in [5.74, 6) is 0.0408. The predicted octanol–water partition coefficient (Wildman–Crippen LogP) is 1.84. The lowest BCUT2D eigenvalue weighted by Gasteiger charge is -2.00. The number of hydrogen-bond acceptors (Lipinski definition) is 5. The van der Waals surface area contributed by atoms with E-state index in [-0.39, 0.29) is 11.2 Å². The molecule has 76 valence electrons. The number of thiazole rings is 1. The first-order chi connectivity index (χ1) is 7.25. The molecule has 0 aromatic carbocycles. The van der Waals surface area contributed by atoms with E-state index in [1.54, 1.807) is 17.0 Å². The van der Waals surface area contributed by atoms with Crippen LogP contribution in [0, 0.1) is 0 Å². The Balaban J connectivity index is 2.13. The molecule has 0 fully saturated rings. The Labute approximate surface area is 94.2 Å². The number of rotatable bonds is 2. The van der Waals surface area contributed by atoms with Crippen LogP contribution in [0.2, 0.25) is 5.28 Å². The second-order valence-electron chi connectivity index (χ2n) is 2.54. The van der Waals surface area contributed by atoms with Crippen LogP contribution in [0.25, 0.3) is 0 Å². The molecular weight excluding hydrogens is 236 g/mol. The van der Waals surface area contributed by atoms with Crippen molar-refractivity contribution in [3.8, 4) is 0 Å². The van der Waals surface area contributed by atoms with E-state index in [2.05, 4.69) is 20.3 Å². The van der Waals surface area contributed by atoms with Crippen molar-refractivity contribution in [2.24, 2.45) is 0 Å². The standard InChI is InChI=1S/C8H5ClN4OS/c9-8-10-2-1-6(13-8)12-7(14)5-3-15-4-11-5/h1-4H,(H,10,12,13,14). The molecule has 0 saturated carbocycles.